The van der Waals surface area contributed by atoms with Crippen LogP contribution in [0.25, 0.3) is 16.6 Å². The van der Waals surface area contributed by atoms with Gasteiger partial charge in [0, 0.05) is 28.8 Å². The smallest absolute Gasteiger partial charge is 0.335 e. The van der Waals surface area contributed by atoms with Gasteiger partial charge in [0.05, 0.1) is 29.0 Å². The van der Waals surface area contributed by atoms with Crippen LogP contribution in [0.1, 0.15) is 28.8 Å². The number of hydrogen-bond acceptors (Lipinski definition) is 6. The van der Waals surface area contributed by atoms with E-state index < -0.39 is 34.1 Å². The molecule has 202 valence electrons. The van der Waals surface area contributed by atoms with E-state index in [2.05, 4.69) is 10.6 Å². The number of benzene rings is 2. The molecule has 1 saturated carbocycles. The summed E-state index contributed by atoms with van der Waals surface area (Å²) in [6.45, 7) is 1.33. The highest BCUT2D eigenvalue weighted by Gasteiger charge is 2.43. The number of rotatable bonds is 6. The van der Waals surface area contributed by atoms with Crippen molar-refractivity contribution in [3.63, 3.8) is 0 Å². The number of amides is 1. The highest BCUT2D eigenvalue weighted by atomic mass is 127. The maximum Gasteiger partial charge on any atom is 0.335 e. The standard InChI is InChI=1S/C27H25FIN5O5/c1-14-21-20(22(32(2)24(14)37)30-19-8-7-16(29)12-18(19)28)25(38)33(3)26(39)34(21)17-6-4-5-15(11-17)23(36)31-27(13-35)9-10-27/h4-8,11-12,30,35H,9-10,13H2,1-3H3,(H,31,36). The summed E-state index contributed by atoms with van der Waals surface area (Å²) in [5.41, 5.74) is -1.81. The van der Waals surface area contributed by atoms with E-state index >= 15 is 0 Å². The number of anilines is 2. The Labute approximate surface area is 234 Å². The summed E-state index contributed by atoms with van der Waals surface area (Å²) in [4.78, 5) is 53.2. The normalized spacial score (nSPS) is 13.9. The molecule has 4 aromatic rings. The molecule has 0 aliphatic heterocycles. The topological polar surface area (TPSA) is 127 Å². The molecular weight excluding hydrogens is 620 g/mol. The van der Waals surface area contributed by atoms with E-state index in [-0.39, 0.29) is 45.8 Å². The second kappa shape index (κ2) is 9.75. The average molecular weight is 645 g/mol. The van der Waals surface area contributed by atoms with Crippen LogP contribution in [0.4, 0.5) is 15.9 Å². The van der Waals surface area contributed by atoms with Crippen LogP contribution in [0, 0.1) is 16.3 Å². The molecule has 1 amide bonds. The van der Waals surface area contributed by atoms with Crippen LogP contribution in [-0.4, -0.2) is 36.9 Å². The number of nitrogens with zero attached hydrogens (tertiary/aromatic N) is 3. The number of carbonyl (C=O) groups excluding carboxylic acids is 1. The maximum atomic E-state index is 14.8. The lowest BCUT2D eigenvalue weighted by molar-refractivity contribution is 0.0906. The summed E-state index contributed by atoms with van der Waals surface area (Å²) in [7, 11) is 2.77. The summed E-state index contributed by atoms with van der Waals surface area (Å²) in [6, 6.07) is 10.7. The van der Waals surface area contributed by atoms with Crippen molar-refractivity contribution in [3.05, 3.63) is 94.2 Å². The van der Waals surface area contributed by atoms with Gasteiger partial charge in [-0.1, -0.05) is 6.07 Å². The Morgan fingerprint density at radius 3 is 2.44 bits per heavy atom. The molecule has 1 fully saturated rings. The predicted molar refractivity (Wildman–Crippen MR) is 154 cm³/mol. The molecule has 2 aromatic carbocycles. The van der Waals surface area contributed by atoms with Crippen molar-refractivity contribution in [1.29, 1.82) is 0 Å². The van der Waals surface area contributed by atoms with E-state index in [1.165, 1.54) is 48.4 Å². The van der Waals surface area contributed by atoms with E-state index in [1.54, 1.807) is 24.3 Å². The highest BCUT2D eigenvalue weighted by molar-refractivity contribution is 14.1. The third-order valence-electron chi connectivity index (χ3n) is 7.10. The fourth-order valence-electron chi connectivity index (χ4n) is 4.58. The zero-order valence-corrected chi connectivity index (χ0v) is 23.5. The van der Waals surface area contributed by atoms with Gasteiger partial charge in [0.1, 0.15) is 17.0 Å². The minimum atomic E-state index is -0.721. The van der Waals surface area contributed by atoms with Crippen molar-refractivity contribution in [2.45, 2.75) is 25.3 Å². The second-order valence-corrected chi connectivity index (χ2v) is 11.0. The molecular formula is C27H25FIN5O5. The number of carbonyl (C=O) groups is 1. The van der Waals surface area contributed by atoms with Crippen LogP contribution >= 0.6 is 22.6 Å². The Morgan fingerprint density at radius 2 is 1.79 bits per heavy atom. The molecule has 0 spiro atoms. The minimum Gasteiger partial charge on any atom is -0.394 e. The summed E-state index contributed by atoms with van der Waals surface area (Å²) >= 11 is 1.97. The quantitative estimate of drug-likeness (QED) is 0.277. The maximum absolute atomic E-state index is 14.8. The van der Waals surface area contributed by atoms with E-state index in [4.69, 9.17) is 0 Å². The molecule has 0 saturated heterocycles. The first kappa shape index (κ1) is 26.8. The number of nitrogens with one attached hydrogen (secondary N) is 2. The molecule has 5 rings (SSSR count). The number of aromatic nitrogens is 3. The number of halogens is 2. The third kappa shape index (κ3) is 4.56. The lowest BCUT2D eigenvalue weighted by Crippen LogP contribution is -2.40. The van der Waals surface area contributed by atoms with Crippen LogP contribution < -0.4 is 27.4 Å². The van der Waals surface area contributed by atoms with Gasteiger partial charge >= 0.3 is 5.69 Å². The number of aliphatic hydroxyl groups is 1. The van der Waals surface area contributed by atoms with Gasteiger partial charge in [-0.05, 0) is 78.8 Å². The van der Waals surface area contributed by atoms with Gasteiger partial charge in [0.2, 0.25) is 0 Å². The molecule has 0 bridgehead atoms. The zero-order chi connectivity index (χ0) is 28.2. The van der Waals surface area contributed by atoms with Crippen LogP contribution in [0.3, 0.4) is 0 Å². The first-order valence-electron chi connectivity index (χ1n) is 12.1. The molecule has 39 heavy (non-hydrogen) atoms. The lowest BCUT2D eigenvalue weighted by atomic mass is 10.1. The molecule has 2 heterocycles. The molecule has 1 aliphatic carbocycles. The van der Waals surface area contributed by atoms with E-state index in [0.717, 1.165) is 4.57 Å². The Kier molecular flexibility index (Phi) is 6.71. The largest absolute Gasteiger partial charge is 0.394 e. The minimum absolute atomic E-state index is 0.00159. The fourth-order valence-corrected chi connectivity index (χ4v) is 5.03. The summed E-state index contributed by atoms with van der Waals surface area (Å²) in [5, 5.41) is 15.3. The van der Waals surface area contributed by atoms with Crippen LogP contribution in [0.15, 0.2) is 56.8 Å². The molecule has 3 N–H and O–H groups in total. The fraction of sp³-hybridized carbons (Fsp3) is 0.259. The molecule has 12 heteroatoms. The monoisotopic (exact) mass is 645 g/mol. The van der Waals surface area contributed by atoms with Gasteiger partial charge in [0.25, 0.3) is 17.0 Å². The average Bonchev–Trinajstić information content (AvgIpc) is 3.69. The first-order chi connectivity index (χ1) is 18.5. The van der Waals surface area contributed by atoms with Gasteiger partial charge < -0.3 is 15.7 Å². The predicted octanol–water partition coefficient (Wildman–Crippen LogP) is 2.44. The summed E-state index contributed by atoms with van der Waals surface area (Å²) in [5.74, 6) is -0.986. The van der Waals surface area contributed by atoms with Crippen LogP contribution in [0.2, 0.25) is 0 Å². The van der Waals surface area contributed by atoms with Gasteiger partial charge in [0.15, 0.2) is 0 Å². The molecule has 0 atom stereocenters. The second-order valence-electron chi connectivity index (χ2n) is 9.74. The lowest BCUT2D eigenvalue weighted by Gasteiger charge is -2.20. The number of aliphatic hydroxyl groups excluding tert-OH is 1. The molecule has 2 aromatic heterocycles. The van der Waals surface area contributed by atoms with Gasteiger partial charge in [-0.25, -0.2) is 9.18 Å². The number of aryl methyl sites for hydroxylation is 1. The van der Waals surface area contributed by atoms with Crippen LogP contribution in [-0.2, 0) is 14.1 Å². The SMILES string of the molecule is Cc1c(=O)n(C)c(Nc2ccc(I)cc2F)c2c(=O)n(C)c(=O)n(-c3cccc(C(=O)NC4(CO)CC4)c3)c12. The first-order valence-corrected chi connectivity index (χ1v) is 13.2. The highest BCUT2D eigenvalue weighted by Crippen LogP contribution is 2.35. The summed E-state index contributed by atoms with van der Waals surface area (Å²) < 4.78 is 18.7. The van der Waals surface area contributed by atoms with Crippen LogP contribution in [0.5, 0.6) is 0 Å². The Morgan fingerprint density at radius 1 is 1.08 bits per heavy atom. The van der Waals surface area contributed by atoms with Crippen molar-refractivity contribution in [1.82, 2.24) is 19.0 Å². The Bertz CT molecular complexity index is 1860. The van der Waals surface area contributed by atoms with Crippen molar-refractivity contribution < 1.29 is 14.3 Å². The Hall–Kier alpha value is -3.78. The number of pyridine rings is 1. The summed E-state index contributed by atoms with van der Waals surface area (Å²) in [6.07, 6.45) is 1.33. The molecule has 10 nitrogen and oxygen atoms in total. The Balaban J connectivity index is 1.77. The van der Waals surface area contributed by atoms with Gasteiger partial charge in [-0.15, -0.1) is 0 Å². The third-order valence-corrected chi connectivity index (χ3v) is 7.77. The molecule has 0 unspecified atom stereocenters. The van der Waals surface area contributed by atoms with Crippen molar-refractivity contribution in [2.24, 2.45) is 14.1 Å². The molecule has 1 aliphatic rings. The van der Waals surface area contributed by atoms with E-state index in [9.17, 15) is 28.7 Å². The number of fused-ring (bicyclic) bond motifs is 1. The van der Waals surface area contributed by atoms with Gasteiger partial charge in [-0.3, -0.25) is 28.1 Å². The van der Waals surface area contributed by atoms with Gasteiger partial charge in [-0.2, -0.15) is 0 Å². The van der Waals surface area contributed by atoms with Crippen molar-refractivity contribution in [2.75, 3.05) is 11.9 Å². The molecule has 0 radical (unpaired) electrons. The van der Waals surface area contributed by atoms with E-state index in [0.29, 0.717) is 16.4 Å². The van der Waals surface area contributed by atoms with Crippen molar-refractivity contribution >= 4 is 50.9 Å². The van der Waals surface area contributed by atoms with E-state index in [1.807, 2.05) is 22.6 Å². The zero-order valence-electron chi connectivity index (χ0n) is 21.3. The van der Waals surface area contributed by atoms with Crippen molar-refractivity contribution in [3.8, 4) is 5.69 Å². The number of hydrogen-bond donors (Lipinski definition) is 3.